The second-order valence-corrected chi connectivity index (χ2v) is 2.74. The van der Waals surface area contributed by atoms with E-state index in [2.05, 4.69) is 23.6 Å². The largest absolute Gasteiger partial charge is 0.370 e. The highest BCUT2D eigenvalue weighted by Crippen LogP contribution is 2.16. The van der Waals surface area contributed by atoms with E-state index in [1.165, 1.54) is 11.0 Å². The molecule has 0 amide bonds. The lowest BCUT2D eigenvalue weighted by molar-refractivity contribution is 1.11. The van der Waals surface area contributed by atoms with E-state index in [9.17, 15) is 0 Å². The van der Waals surface area contributed by atoms with Crippen molar-refractivity contribution >= 4 is 18.6 Å². The predicted molar refractivity (Wildman–Crippen MR) is 47.7 cm³/mol. The number of rotatable bonds is 1. The second kappa shape index (κ2) is 2.57. The highest BCUT2D eigenvalue weighted by Gasteiger charge is 2.10. The summed E-state index contributed by atoms with van der Waals surface area (Å²) in [5.41, 5.74) is 2.56. The van der Waals surface area contributed by atoms with Gasteiger partial charge in [0.25, 0.3) is 0 Å². The Bertz CT molecular complexity index is 273. The molecule has 11 heavy (non-hydrogen) atoms. The zero-order valence-corrected chi connectivity index (χ0v) is 6.59. The Balaban J connectivity index is 2.41. The summed E-state index contributed by atoms with van der Waals surface area (Å²) < 4.78 is 0. The van der Waals surface area contributed by atoms with Gasteiger partial charge in [-0.15, -0.1) is 0 Å². The molecule has 0 bridgehead atoms. The number of hydrogen-bond donors (Lipinski definition) is 1. The number of nitrogens with one attached hydrogen (secondary N) is 1. The van der Waals surface area contributed by atoms with Gasteiger partial charge in [0, 0.05) is 12.7 Å². The van der Waals surface area contributed by atoms with E-state index < -0.39 is 0 Å². The zero-order valence-electron chi connectivity index (χ0n) is 6.59. The Morgan fingerprint density at radius 3 is 3.36 bits per heavy atom. The molecule has 55 valence electrons. The van der Waals surface area contributed by atoms with Crippen LogP contribution in [0.5, 0.6) is 0 Å². The molecule has 0 saturated heterocycles. The van der Waals surface area contributed by atoms with Crippen molar-refractivity contribution in [3.8, 4) is 0 Å². The minimum absolute atomic E-state index is 1.04. The van der Waals surface area contributed by atoms with Crippen molar-refractivity contribution in [2.75, 3.05) is 11.9 Å². The van der Waals surface area contributed by atoms with Gasteiger partial charge in [-0.1, -0.05) is 18.4 Å². The quantitative estimate of drug-likeness (QED) is 0.579. The molecule has 0 atom stereocenters. The van der Waals surface area contributed by atoms with Gasteiger partial charge in [-0.25, -0.2) is 4.98 Å². The summed E-state index contributed by atoms with van der Waals surface area (Å²) in [5, 5.41) is 3.23. The summed E-state index contributed by atoms with van der Waals surface area (Å²) in [5.74, 6) is 1.07. The van der Waals surface area contributed by atoms with Crippen molar-refractivity contribution < 1.29 is 0 Å². The number of pyridine rings is 1. The third-order valence-electron chi connectivity index (χ3n) is 2.01. The molecule has 0 fully saturated rings. The third kappa shape index (κ3) is 1.11. The first-order chi connectivity index (χ1) is 5.40. The maximum atomic E-state index is 4.29. The topological polar surface area (TPSA) is 24.9 Å². The van der Waals surface area contributed by atoms with Gasteiger partial charge in [0.05, 0.1) is 0 Å². The summed E-state index contributed by atoms with van der Waals surface area (Å²) in [6, 6.07) is 2.20. The van der Waals surface area contributed by atoms with E-state index in [0.717, 1.165) is 18.8 Å². The lowest BCUT2D eigenvalue weighted by Gasteiger charge is -1.99. The summed E-state index contributed by atoms with van der Waals surface area (Å²) in [6.07, 6.45) is 3.02. The first-order valence-corrected chi connectivity index (χ1v) is 3.92. The van der Waals surface area contributed by atoms with Gasteiger partial charge in [0.2, 0.25) is 0 Å². The van der Waals surface area contributed by atoms with Crippen LogP contribution in [0.15, 0.2) is 12.3 Å². The fraction of sp³-hybridized carbons (Fsp3) is 0.375. The SMILES string of the molecule is C[B]c1cnc2c(c1)CCN2. The average molecular weight is 145 g/mol. The molecule has 3 heteroatoms. The maximum Gasteiger partial charge on any atom is 0.150 e. The van der Waals surface area contributed by atoms with Crippen LogP contribution < -0.4 is 10.8 Å². The molecule has 2 rings (SSSR count). The molecule has 0 aromatic carbocycles. The van der Waals surface area contributed by atoms with E-state index in [1.807, 2.05) is 13.0 Å². The van der Waals surface area contributed by atoms with Gasteiger partial charge >= 0.3 is 0 Å². The summed E-state index contributed by atoms with van der Waals surface area (Å²) in [7, 11) is 2.08. The summed E-state index contributed by atoms with van der Waals surface area (Å²) in [4.78, 5) is 4.29. The number of hydrogen-bond acceptors (Lipinski definition) is 2. The van der Waals surface area contributed by atoms with Gasteiger partial charge in [0.1, 0.15) is 13.1 Å². The molecule has 2 nitrogen and oxygen atoms in total. The fourth-order valence-corrected chi connectivity index (χ4v) is 1.35. The normalized spacial score (nSPS) is 13.9. The first kappa shape index (κ1) is 6.71. The third-order valence-corrected chi connectivity index (χ3v) is 2.01. The molecule has 1 aliphatic heterocycles. The van der Waals surface area contributed by atoms with Gasteiger partial charge in [-0.2, -0.15) is 0 Å². The smallest absolute Gasteiger partial charge is 0.150 e. The molecule has 1 N–H and O–H groups in total. The number of nitrogens with zero attached hydrogens (tertiary/aromatic N) is 1. The highest BCUT2D eigenvalue weighted by atomic mass is 15.0. The lowest BCUT2D eigenvalue weighted by Crippen LogP contribution is -2.11. The van der Waals surface area contributed by atoms with Crippen LogP contribution in [0, 0.1) is 0 Å². The molecule has 1 aromatic heterocycles. The van der Waals surface area contributed by atoms with Crippen LogP contribution in [-0.4, -0.2) is 18.8 Å². The Labute approximate surface area is 67.3 Å². The predicted octanol–water partition coefficient (Wildman–Crippen LogP) is 0.427. The number of fused-ring (bicyclic) bond motifs is 1. The molecule has 0 aliphatic carbocycles. The van der Waals surface area contributed by atoms with Crippen LogP contribution in [-0.2, 0) is 6.42 Å². The molecule has 1 radical (unpaired) electrons. The van der Waals surface area contributed by atoms with E-state index >= 15 is 0 Å². The Kier molecular flexibility index (Phi) is 1.57. The first-order valence-electron chi connectivity index (χ1n) is 3.92. The van der Waals surface area contributed by atoms with E-state index in [4.69, 9.17) is 0 Å². The zero-order chi connectivity index (χ0) is 7.68. The van der Waals surface area contributed by atoms with Crippen LogP contribution in [0.1, 0.15) is 5.56 Å². The van der Waals surface area contributed by atoms with Crippen LogP contribution in [0.3, 0.4) is 0 Å². The fourth-order valence-electron chi connectivity index (χ4n) is 1.35. The molecule has 2 heterocycles. The monoisotopic (exact) mass is 145 g/mol. The van der Waals surface area contributed by atoms with Crippen molar-refractivity contribution in [3.05, 3.63) is 17.8 Å². The van der Waals surface area contributed by atoms with Crippen molar-refractivity contribution in [1.82, 2.24) is 4.98 Å². The minimum Gasteiger partial charge on any atom is -0.370 e. The van der Waals surface area contributed by atoms with Crippen molar-refractivity contribution in [2.24, 2.45) is 0 Å². The van der Waals surface area contributed by atoms with Crippen molar-refractivity contribution in [1.29, 1.82) is 0 Å². The maximum absolute atomic E-state index is 4.29. The van der Waals surface area contributed by atoms with Crippen LogP contribution in [0.25, 0.3) is 0 Å². The Hall–Kier alpha value is -0.985. The number of aromatic nitrogens is 1. The average Bonchev–Trinajstić information content (AvgIpc) is 2.50. The number of anilines is 1. The Morgan fingerprint density at radius 2 is 2.55 bits per heavy atom. The van der Waals surface area contributed by atoms with Crippen LogP contribution in [0.4, 0.5) is 5.82 Å². The molecule has 1 aromatic rings. The molecule has 1 aliphatic rings. The lowest BCUT2D eigenvalue weighted by atomic mass is 9.74. The van der Waals surface area contributed by atoms with Gasteiger partial charge < -0.3 is 5.32 Å². The van der Waals surface area contributed by atoms with Gasteiger partial charge in [-0.3, -0.25) is 0 Å². The van der Waals surface area contributed by atoms with Crippen molar-refractivity contribution in [3.63, 3.8) is 0 Å². The van der Waals surface area contributed by atoms with Crippen LogP contribution in [0.2, 0.25) is 6.82 Å². The van der Waals surface area contributed by atoms with Crippen molar-refractivity contribution in [2.45, 2.75) is 13.2 Å². The molecular weight excluding hydrogens is 135 g/mol. The van der Waals surface area contributed by atoms with Gasteiger partial charge in [-0.05, 0) is 12.0 Å². The Morgan fingerprint density at radius 1 is 1.64 bits per heavy atom. The summed E-state index contributed by atoms with van der Waals surface area (Å²) >= 11 is 0. The standard InChI is InChI=1S/C8H10BN2/c1-9-7-4-6-2-3-10-8(6)11-5-7/h4-5H,2-3H2,1H3,(H,10,11). The molecule has 0 spiro atoms. The van der Waals surface area contributed by atoms with E-state index in [0.29, 0.717) is 0 Å². The molecule has 0 saturated carbocycles. The highest BCUT2D eigenvalue weighted by molar-refractivity contribution is 6.51. The van der Waals surface area contributed by atoms with E-state index in [-0.39, 0.29) is 0 Å². The summed E-state index contributed by atoms with van der Waals surface area (Å²) in [6.45, 7) is 3.07. The van der Waals surface area contributed by atoms with E-state index in [1.54, 1.807) is 0 Å². The molecule has 0 unspecified atom stereocenters. The van der Waals surface area contributed by atoms with Gasteiger partial charge in [0.15, 0.2) is 0 Å². The second-order valence-electron chi connectivity index (χ2n) is 2.74. The van der Waals surface area contributed by atoms with Crippen LogP contribution >= 0.6 is 0 Å². The molecular formula is C8H10BN2. The minimum atomic E-state index is 1.04.